The van der Waals surface area contributed by atoms with Gasteiger partial charge in [0.05, 0.1) is 6.61 Å². The molecule has 0 radical (unpaired) electrons. The molecule has 0 spiro atoms. The molecule has 6 nitrogen and oxygen atoms in total. The average molecular weight is 303 g/mol. The molecule has 0 aliphatic heterocycles. The lowest BCUT2D eigenvalue weighted by Gasteiger charge is -2.24. The molecule has 0 saturated heterocycles. The second-order valence-corrected chi connectivity index (χ2v) is 5.74. The number of ether oxygens (including phenoxy) is 1. The van der Waals surface area contributed by atoms with Crippen LogP contribution in [0.5, 0.6) is 6.01 Å². The number of hydrogen-bond donors (Lipinski definition) is 2. The molecule has 0 aromatic carbocycles. The van der Waals surface area contributed by atoms with E-state index in [1.807, 2.05) is 6.92 Å². The van der Waals surface area contributed by atoms with Gasteiger partial charge in [-0.25, -0.2) is 0 Å². The number of rotatable bonds is 9. The van der Waals surface area contributed by atoms with Crippen molar-refractivity contribution in [3.05, 3.63) is 5.28 Å². The molecule has 20 heavy (non-hydrogen) atoms. The van der Waals surface area contributed by atoms with Crippen molar-refractivity contribution in [2.45, 2.75) is 40.0 Å². The van der Waals surface area contributed by atoms with Gasteiger partial charge in [0.15, 0.2) is 0 Å². The van der Waals surface area contributed by atoms with Gasteiger partial charge in [-0.05, 0) is 36.3 Å². The van der Waals surface area contributed by atoms with Crippen LogP contribution in [-0.2, 0) is 0 Å². The number of aliphatic hydroxyl groups excluding tert-OH is 1. The minimum Gasteiger partial charge on any atom is -0.463 e. The Balaban J connectivity index is 2.60. The fraction of sp³-hybridized carbons (Fsp3) is 0.769. The minimum atomic E-state index is 0.0340. The molecule has 0 saturated carbocycles. The summed E-state index contributed by atoms with van der Waals surface area (Å²) in [6, 6.07) is 0.238. The first-order chi connectivity index (χ1) is 9.46. The third kappa shape index (κ3) is 6.34. The molecule has 0 aliphatic rings. The van der Waals surface area contributed by atoms with Gasteiger partial charge in [-0.3, -0.25) is 0 Å². The minimum absolute atomic E-state index is 0.0340. The highest BCUT2D eigenvalue weighted by molar-refractivity contribution is 6.28. The van der Waals surface area contributed by atoms with Crippen LogP contribution in [0.15, 0.2) is 0 Å². The van der Waals surface area contributed by atoms with Crippen molar-refractivity contribution in [1.82, 2.24) is 15.0 Å². The maximum absolute atomic E-state index is 8.88. The van der Waals surface area contributed by atoms with E-state index >= 15 is 0 Å². The SMILES string of the molecule is CCCOc1nc(Cl)nc(NCC(C)(C)CCCO)n1. The van der Waals surface area contributed by atoms with E-state index in [1.165, 1.54) is 0 Å². The van der Waals surface area contributed by atoms with E-state index in [0.29, 0.717) is 19.1 Å². The Bertz CT molecular complexity index is 415. The lowest BCUT2D eigenvalue weighted by molar-refractivity contribution is 0.247. The van der Waals surface area contributed by atoms with Crippen molar-refractivity contribution >= 4 is 17.5 Å². The Morgan fingerprint density at radius 3 is 2.70 bits per heavy atom. The van der Waals surface area contributed by atoms with E-state index in [2.05, 4.69) is 34.1 Å². The second kappa shape index (κ2) is 8.21. The van der Waals surface area contributed by atoms with Crippen LogP contribution < -0.4 is 10.1 Å². The van der Waals surface area contributed by atoms with Gasteiger partial charge in [0.1, 0.15) is 0 Å². The fourth-order valence-corrected chi connectivity index (χ4v) is 1.79. The number of halogens is 1. The van der Waals surface area contributed by atoms with Crippen molar-refractivity contribution in [3.63, 3.8) is 0 Å². The molecule has 0 bridgehead atoms. The quantitative estimate of drug-likeness (QED) is 0.729. The number of aromatic nitrogens is 3. The van der Waals surface area contributed by atoms with Crippen molar-refractivity contribution in [2.75, 3.05) is 25.1 Å². The first-order valence-corrected chi connectivity index (χ1v) is 7.24. The van der Waals surface area contributed by atoms with Gasteiger partial charge in [0.25, 0.3) is 0 Å². The summed E-state index contributed by atoms with van der Waals surface area (Å²) in [7, 11) is 0. The summed E-state index contributed by atoms with van der Waals surface area (Å²) >= 11 is 5.85. The van der Waals surface area contributed by atoms with Crippen LogP contribution in [0.25, 0.3) is 0 Å². The normalized spacial score (nSPS) is 11.4. The summed E-state index contributed by atoms with van der Waals surface area (Å²) < 4.78 is 5.35. The molecule has 7 heteroatoms. The van der Waals surface area contributed by atoms with Gasteiger partial charge >= 0.3 is 6.01 Å². The predicted octanol–water partition coefficient (Wildman–Crippen LogP) is 2.52. The molecular weight excluding hydrogens is 280 g/mol. The van der Waals surface area contributed by atoms with Crippen molar-refractivity contribution in [1.29, 1.82) is 0 Å². The number of nitrogens with zero attached hydrogens (tertiary/aromatic N) is 3. The maximum Gasteiger partial charge on any atom is 0.322 e. The van der Waals surface area contributed by atoms with Crippen LogP contribution >= 0.6 is 11.6 Å². The lowest BCUT2D eigenvalue weighted by atomic mass is 9.88. The maximum atomic E-state index is 8.88. The summed E-state index contributed by atoms with van der Waals surface area (Å²) in [5.74, 6) is 0.410. The summed E-state index contributed by atoms with van der Waals surface area (Å²) in [5, 5.41) is 12.1. The number of aliphatic hydroxyl groups is 1. The Morgan fingerprint density at radius 2 is 2.05 bits per heavy atom. The van der Waals surface area contributed by atoms with Gasteiger partial charge in [0.2, 0.25) is 11.2 Å². The first-order valence-electron chi connectivity index (χ1n) is 6.86. The molecule has 0 amide bonds. The van der Waals surface area contributed by atoms with Crippen molar-refractivity contribution < 1.29 is 9.84 Å². The highest BCUT2D eigenvalue weighted by Gasteiger charge is 2.18. The van der Waals surface area contributed by atoms with Crippen LogP contribution in [0, 0.1) is 5.41 Å². The molecule has 0 fully saturated rings. The van der Waals surface area contributed by atoms with Gasteiger partial charge in [-0.15, -0.1) is 0 Å². The van der Waals surface area contributed by atoms with Crippen LogP contribution in [0.1, 0.15) is 40.0 Å². The van der Waals surface area contributed by atoms with Gasteiger partial charge in [0, 0.05) is 13.2 Å². The Hall–Kier alpha value is -1.14. The molecule has 1 aromatic rings. The molecule has 1 rings (SSSR count). The topological polar surface area (TPSA) is 80.2 Å². The van der Waals surface area contributed by atoms with E-state index in [1.54, 1.807) is 0 Å². The number of nitrogens with one attached hydrogen (secondary N) is 1. The first kappa shape index (κ1) is 16.9. The lowest BCUT2D eigenvalue weighted by Crippen LogP contribution is -2.24. The highest BCUT2D eigenvalue weighted by Crippen LogP contribution is 2.22. The largest absolute Gasteiger partial charge is 0.463 e. The summed E-state index contributed by atoms with van der Waals surface area (Å²) in [6.07, 6.45) is 2.56. The Labute approximate surface area is 125 Å². The fourth-order valence-electron chi connectivity index (χ4n) is 1.63. The molecule has 114 valence electrons. The Kier molecular flexibility index (Phi) is 6.95. The average Bonchev–Trinajstić information content (AvgIpc) is 2.40. The Morgan fingerprint density at radius 1 is 1.30 bits per heavy atom. The number of anilines is 1. The molecule has 1 aromatic heterocycles. The molecule has 0 unspecified atom stereocenters. The van der Waals surface area contributed by atoms with Crippen LogP contribution in [-0.4, -0.2) is 39.8 Å². The zero-order valence-corrected chi connectivity index (χ0v) is 13.1. The molecule has 2 N–H and O–H groups in total. The summed E-state index contributed by atoms with van der Waals surface area (Å²) in [5.41, 5.74) is 0.0340. The zero-order chi connectivity index (χ0) is 15.0. The third-order valence-electron chi connectivity index (χ3n) is 2.76. The van der Waals surface area contributed by atoms with Gasteiger partial charge in [-0.2, -0.15) is 15.0 Å². The van der Waals surface area contributed by atoms with Gasteiger partial charge < -0.3 is 15.2 Å². The van der Waals surface area contributed by atoms with Crippen LogP contribution in [0.4, 0.5) is 5.95 Å². The summed E-state index contributed by atoms with van der Waals surface area (Å²) in [4.78, 5) is 12.1. The highest BCUT2D eigenvalue weighted by atomic mass is 35.5. The smallest absolute Gasteiger partial charge is 0.322 e. The van der Waals surface area contributed by atoms with Crippen LogP contribution in [0.2, 0.25) is 5.28 Å². The second-order valence-electron chi connectivity index (χ2n) is 5.40. The monoisotopic (exact) mass is 302 g/mol. The van der Waals surface area contributed by atoms with Crippen molar-refractivity contribution in [2.24, 2.45) is 5.41 Å². The summed E-state index contributed by atoms with van der Waals surface area (Å²) in [6.45, 7) is 7.67. The molecule has 0 atom stereocenters. The third-order valence-corrected chi connectivity index (χ3v) is 2.93. The predicted molar refractivity (Wildman–Crippen MR) is 79.2 cm³/mol. The zero-order valence-electron chi connectivity index (χ0n) is 12.3. The molecule has 0 aliphatic carbocycles. The standard InChI is InChI=1S/C13H23ClN4O2/c1-4-8-20-12-17-10(14)16-11(18-12)15-9-13(2,3)6-5-7-19/h19H,4-9H2,1-3H3,(H,15,16,17,18). The molecule has 1 heterocycles. The van der Waals surface area contributed by atoms with Crippen LogP contribution in [0.3, 0.4) is 0 Å². The van der Waals surface area contributed by atoms with E-state index in [9.17, 15) is 0 Å². The van der Waals surface area contributed by atoms with E-state index in [4.69, 9.17) is 21.4 Å². The van der Waals surface area contributed by atoms with Crippen molar-refractivity contribution in [3.8, 4) is 6.01 Å². The van der Waals surface area contributed by atoms with E-state index < -0.39 is 0 Å². The molecular formula is C13H23ClN4O2. The number of hydrogen-bond acceptors (Lipinski definition) is 6. The van der Waals surface area contributed by atoms with E-state index in [0.717, 1.165) is 19.3 Å². The van der Waals surface area contributed by atoms with E-state index in [-0.39, 0.29) is 23.3 Å². The van der Waals surface area contributed by atoms with Gasteiger partial charge in [-0.1, -0.05) is 20.8 Å².